The maximum Gasteiger partial charge on any atom is 0.142 e. The molecule has 5 nitrogen and oxygen atoms in total. The fourth-order valence-electron chi connectivity index (χ4n) is 3.68. The first-order valence-electron chi connectivity index (χ1n) is 9.02. The summed E-state index contributed by atoms with van der Waals surface area (Å²) in [5.41, 5.74) is 3.42. The van der Waals surface area contributed by atoms with Gasteiger partial charge in [-0.3, -0.25) is 0 Å². The van der Waals surface area contributed by atoms with Gasteiger partial charge in [0.2, 0.25) is 0 Å². The molecule has 1 aromatic carbocycles. The molecule has 1 aliphatic heterocycles. The van der Waals surface area contributed by atoms with Gasteiger partial charge in [0.25, 0.3) is 0 Å². The number of aryl methyl sites for hydroxylation is 2. The summed E-state index contributed by atoms with van der Waals surface area (Å²) >= 11 is 0. The molecule has 3 rings (SSSR count). The quantitative estimate of drug-likeness (QED) is 0.904. The number of nitrogens with zero attached hydrogens (tertiary/aromatic N) is 3. The molecule has 1 fully saturated rings. The third kappa shape index (κ3) is 4.10. The SMILES string of the molecule is COc1ccccc1N1CCC[C@@H](N[C@H](C)c2cnc(C)nc2C)C1. The lowest BCUT2D eigenvalue weighted by molar-refractivity contribution is 0.379. The highest BCUT2D eigenvalue weighted by molar-refractivity contribution is 5.58. The van der Waals surface area contributed by atoms with Gasteiger partial charge >= 0.3 is 0 Å². The Morgan fingerprint density at radius 1 is 1.28 bits per heavy atom. The number of methoxy groups -OCH3 is 1. The van der Waals surface area contributed by atoms with Gasteiger partial charge in [-0.05, 0) is 45.7 Å². The minimum absolute atomic E-state index is 0.239. The molecule has 1 aromatic heterocycles. The molecule has 0 bridgehead atoms. The van der Waals surface area contributed by atoms with E-state index in [-0.39, 0.29) is 6.04 Å². The van der Waals surface area contributed by atoms with Crippen LogP contribution in [0.2, 0.25) is 0 Å². The number of aromatic nitrogens is 2. The van der Waals surface area contributed by atoms with Gasteiger partial charge < -0.3 is 15.0 Å². The van der Waals surface area contributed by atoms with E-state index in [9.17, 15) is 0 Å². The highest BCUT2D eigenvalue weighted by Gasteiger charge is 2.24. The maximum atomic E-state index is 5.53. The van der Waals surface area contributed by atoms with Crippen LogP contribution in [0.15, 0.2) is 30.5 Å². The van der Waals surface area contributed by atoms with E-state index in [2.05, 4.69) is 46.2 Å². The van der Waals surface area contributed by atoms with E-state index >= 15 is 0 Å². The number of ether oxygens (including phenoxy) is 1. The van der Waals surface area contributed by atoms with Crippen molar-refractivity contribution in [1.29, 1.82) is 0 Å². The van der Waals surface area contributed by atoms with Crippen molar-refractivity contribution in [2.24, 2.45) is 0 Å². The van der Waals surface area contributed by atoms with Gasteiger partial charge in [0.15, 0.2) is 0 Å². The molecule has 1 N–H and O–H groups in total. The number of para-hydroxylation sites is 2. The van der Waals surface area contributed by atoms with Crippen LogP contribution in [0.3, 0.4) is 0 Å². The average Bonchev–Trinajstić information content (AvgIpc) is 2.61. The van der Waals surface area contributed by atoms with Crippen LogP contribution in [0.5, 0.6) is 5.75 Å². The van der Waals surface area contributed by atoms with Crippen molar-refractivity contribution >= 4 is 5.69 Å². The minimum atomic E-state index is 0.239. The summed E-state index contributed by atoms with van der Waals surface area (Å²) in [5.74, 6) is 1.77. The third-order valence-corrected chi connectivity index (χ3v) is 4.94. The summed E-state index contributed by atoms with van der Waals surface area (Å²) in [6, 6.07) is 8.94. The number of hydrogen-bond acceptors (Lipinski definition) is 5. The molecule has 0 unspecified atom stereocenters. The number of hydrogen-bond donors (Lipinski definition) is 1. The molecular formula is C20H28N4O. The fraction of sp³-hybridized carbons (Fsp3) is 0.500. The number of piperidine rings is 1. The van der Waals surface area contributed by atoms with Crippen molar-refractivity contribution in [2.75, 3.05) is 25.1 Å². The number of nitrogens with one attached hydrogen (secondary N) is 1. The Bertz CT molecular complexity index is 719. The lowest BCUT2D eigenvalue weighted by atomic mass is 10.0. The Labute approximate surface area is 150 Å². The van der Waals surface area contributed by atoms with E-state index in [4.69, 9.17) is 4.74 Å². The van der Waals surface area contributed by atoms with E-state index in [1.807, 2.05) is 25.3 Å². The standard InChI is InChI=1S/C20H28N4O/c1-14-18(12-21-16(3)22-14)15(2)23-17-8-7-11-24(13-17)19-9-5-6-10-20(19)25-4/h5-6,9-10,12,15,17,23H,7-8,11,13H2,1-4H3/t15-,17-/m1/s1. The van der Waals surface area contributed by atoms with Crippen LogP contribution in [0.4, 0.5) is 5.69 Å². The summed E-state index contributed by atoms with van der Waals surface area (Å²) < 4.78 is 5.53. The molecule has 134 valence electrons. The zero-order valence-corrected chi connectivity index (χ0v) is 15.6. The van der Waals surface area contributed by atoms with Crippen molar-refractivity contribution in [1.82, 2.24) is 15.3 Å². The second-order valence-electron chi connectivity index (χ2n) is 6.80. The zero-order valence-electron chi connectivity index (χ0n) is 15.6. The lowest BCUT2D eigenvalue weighted by Crippen LogP contribution is -2.46. The molecule has 5 heteroatoms. The monoisotopic (exact) mass is 340 g/mol. The molecule has 2 heterocycles. The van der Waals surface area contributed by atoms with Gasteiger partial charge in [0.05, 0.1) is 12.8 Å². The molecule has 0 aliphatic carbocycles. The second-order valence-corrected chi connectivity index (χ2v) is 6.80. The van der Waals surface area contributed by atoms with Crippen molar-refractivity contribution in [2.45, 2.75) is 45.7 Å². The van der Waals surface area contributed by atoms with E-state index in [1.165, 1.54) is 24.1 Å². The Morgan fingerprint density at radius 3 is 2.84 bits per heavy atom. The number of rotatable bonds is 5. The minimum Gasteiger partial charge on any atom is -0.495 e. The van der Waals surface area contributed by atoms with Gasteiger partial charge in [-0.15, -0.1) is 0 Å². The van der Waals surface area contributed by atoms with Crippen molar-refractivity contribution in [3.8, 4) is 5.75 Å². The fourth-order valence-corrected chi connectivity index (χ4v) is 3.68. The zero-order chi connectivity index (χ0) is 17.8. The van der Waals surface area contributed by atoms with Crippen molar-refractivity contribution < 1.29 is 4.74 Å². The Hall–Kier alpha value is -2.14. The molecule has 0 spiro atoms. The van der Waals surface area contributed by atoms with E-state index in [0.29, 0.717) is 6.04 Å². The van der Waals surface area contributed by atoms with Crippen LogP contribution in [-0.4, -0.2) is 36.2 Å². The van der Waals surface area contributed by atoms with Gasteiger partial charge in [-0.1, -0.05) is 12.1 Å². The van der Waals surface area contributed by atoms with Crippen LogP contribution < -0.4 is 15.0 Å². The van der Waals surface area contributed by atoms with Gasteiger partial charge in [-0.2, -0.15) is 0 Å². The van der Waals surface area contributed by atoms with Crippen LogP contribution in [0.25, 0.3) is 0 Å². The maximum absolute atomic E-state index is 5.53. The smallest absolute Gasteiger partial charge is 0.142 e. The number of anilines is 1. The largest absolute Gasteiger partial charge is 0.495 e. The molecule has 1 aliphatic rings. The normalized spacial score (nSPS) is 18.9. The van der Waals surface area contributed by atoms with Gasteiger partial charge in [0, 0.05) is 42.6 Å². The molecule has 2 aromatic rings. The van der Waals surface area contributed by atoms with Crippen LogP contribution in [0.1, 0.15) is 42.9 Å². The van der Waals surface area contributed by atoms with Crippen LogP contribution in [0, 0.1) is 13.8 Å². The highest BCUT2D eigenvalue weighted by atomic mass is 16.5. The van der Waals surface area contributed by atoms with Crippen molar-refractivity contribution in [3.63, 3.8) is 0 Å². The molecular weight excluding hydrogens is 312 g/mol. The lowest BCUT2D eigenvalue weighted by Gasteiger charge is -2.37. The predicted octanol–water partition coefficient (Wildman–Crippen LogP) is 3.42. The van der Waals surface area contributed by atoms with Gasteiger partial charge in [-0.25, -0.2) is 9.97 Å². The summed E-state index contributed by atoms with van der Waals surface area (Å²) in [5, 5.41) is 3.77. The van der Waals surface area contributed by atoms with Crippen LogP contribution in [-0.2, 0) is 0 Å². The Balaban J connectivity index is 1.69. The number of benzene rings is 1. The summed E-state index contributed by atoms with van der Waals surface area (Å²) in [6.07, 6.45) is 4.31. The first kappa shape index (κ1) is 17.7. The molecule has 0 radical (unpaired) electrons. The molecule has 1 saturated heterocycles. The molecule has 25 heavy (non-hydrogen) atoms. The van der Waals surface area contributed by atoms with E-state index in [0.717, 1.165) is 30.4 Å². The predicted molar refractivity (Wildman–Crippen MR) is 101 cm³/mol. The van der Waals surface area contributed by atoms with E-state index < -0.39 is 0 Å². The first-order chi connectivity index (χ1) is 12.1. The van der Waals surface area contributed by atoms with Gasteiger partial charge in [0.1, 0.15) is 11.6 Å². The summed E-state index contributed by atoms with van der Waals surface area (Å²) in [4.78, 5) is 11.3. The highest BCUT2D eigenvalue weighted by Crippen LogP contribution is 2.30. The molecule has 0 amide bonds. The Morgan fingerprint density at radius 2 is 2.08 bits per heavy atom. The third-order valence-electron chi connectivity index (χ3n) is 4.94. The van der Waals surface area contributed by atoms with Crippen molar-refractivity contribution in [3.05, 3.63) is 47.5 Å². The topological polar surface area (TPSA) is 50.3 Å². The van der Waals surface area contributed by atoms with E-state index in [1.54, 1.807) is 7.11 Å². The molecule has 0 saturated carbocycles. The summed E-state index contributed by atoms with van der Waals surface area (Å²) in [6.45, 7) is 8.24. The first-order valence-corrected chi connectivity index (χ1v) is 9.02. The second kappa shape index (κ2) is 7.83. The molecule has 2 atom stereocenters. The summed E-state index contributed by atoms with van der Waals surface area (Å²) in [7, 11) is 1.74. The van der Waals surface area contributed by atoms with Crippen LogP contribution >= 0.6 is 0 Å². The average molecular weight is 340 g/mol. The Kier molecular flexibility index (Phi) is 5.53.